The van der Waals surface area contributed by atoms with Crippen LogP contribution in [0, 0.1) is 5.92 Å². The number of fused-ring (bicyclic) bond motifs is 1. The normalized spacial score (nSPS) is 16.7. The van der Waals surface area contributed by atoms with Crippen LogP contribution in [0.15, 0.2) is 59.7 Å². The molecule has 5 nitrogen and oxygen atoms in total. The second kappa shape index (κ2) is 7.99. The standard InChI is InChI=1S/C24H28N4O/c29-24-22-11-13-26(16-20-8-9-20)18-23(22)28(17-21-7-4-12-25-15-21)27(24)14-10-19-5-2-1-3-6-19/h1-7,12,15,20H,8-11,13-14,16-18H2. The van der Waals surface area contributed by atoms with E-state index in [9.17, 15) is 4.79 Å². The zero-order valence-corrected chi connectivity index (χ0v) is 16.8. The van der Waals surface area contributed by atoms with Gasteiger partial charge in [-0.2, -0.15) is 0 Å². The summed E-state index contributed by atoms with van der Waals surface area (Å²) in [5, 5.41) is 0. The quantitative estimate of drug-likeness (QED) is 0.625. The third-order valence-electron chi connectivity index (χ3n) is 6.22. The smallest absolute Gasteiger partial charge is 0.270 e. The molecule has 0 radical (unpaired) electrons. The predicted molar refractivity (Wildman–Crippen MR) is 114 cm³/mol. The van der Waals surface area contributed by atoms with E-state index in [1.54, 1.807) is 6.20 Å². The van der Waals surface area contributed by atoms with Crippen molar-refractivity contribution in [3.8, 4) is 0 Å². The first kappa shape index (κ1) is 18.4. The summed E-state index contributed by atoms with van der Waals surface area (Å²) in [6.07, 6.45) is 8.17. The van der Waals surface area contributed by atoms with Crippen LogP contribution in [0.2, 0.25) is 0 Å². The monoisotopic (exact) mass is 388 g/mol. The van der Waals surface area contributed by atoms with Crippen LogP contribution >= 0.6 is 0 Å². The molecule has 3 aromatic rings. The molecule has 1 aromatic carbocycles. The van der Waals surface area contributed by atoms with Crippen LogP contribution < -0.4 is 5.56 Å². The van der Waals surface area contributed by atoms with Gasteiger partial charge in [-0.3, -0.25) is 19.4 Å². The third-order valence-corrected chi connectivity index (χ3v) is 6.22. The van der Waals surface area contributed by atoms with Crippen molar-refractivity contribution in [3.05, 3.63) is 87.6 Å². The molecule has 29 heavy (non-hydrogen) atoms. The van der Waals surface area contributed by atoms with Gasteiger partial charge in [-0.15, -0.1) is 0 Å². The molecule has 1 aliphatic carbocycles. The molecule has 3 heterocycles. The number of aryl methyl sites for hydroxylation is 1. The molecule has 5 rings (SSSR count). The van der Waals surface area contributed by atoms with E-state index in [4.69, 9.17) is 0 Å². The summed E-state index contributed by atoms with van der Waals surface area (Å²) >= 11 is 0. The molecule has 0 bridgehead atoms. The van der Waals surface area contributed by atoms with Gasteiger partial charge in [0.25, 0.3) is 5.56 Å². The van der Waals surface area contributed by atoms with Gasteiger partial charge in [-0.25, -0.2) is 4.68 Å². The van der Waals surface area contributed by atoms with Crippen molar-refractivity contribution in [2.45, 2.75) is 45.3 Å². The Hall–Kier alpha value is -2.66. The Labute approximate surface area is 171 Å². The van der Waals surface area contributed by atoms with Crippen LogP contribution in [0.25, 0.3) is 0 Å². The number of aromatic nitrogens is 3. The lowest BCUT2D eigenvalue weighted by Crippen LogP contribution is -2.34. The lowest BCUT2D eigenvalue weighted by atomic mass is 10.1. The fourth-order valence-corrected chi connectivity index (χ4v) is 4.45. The number of rotatable bonds is 7. The van der Waals surface area contributed by atoms with Crippen molar-refractivity contribution >= 4 is 0 Å². The highest BCUT2D eigenvalue weighted by Crippen LogP contribution is 2.31. The first-order valence-corrected chi connectivity index (χ1v) is 10.7. The number of hydrogen-bond donors (Lipinski definition) is 0. The van der Waals surface area contributed by atoms with Gasteiger partial charge in [0.1, 0.15) is 0 Å². The highest BCUT2D eigenvalue weighted by Gasteiger charge is 2.30. The Balaban J connectivity index is 1.47. The summed E-state index contributed by atoms with van der Waals surface area (Å²) in [7, 11) is 0. The largest absolute Gasteiger partial charge is 0.297 e. The molecular weight excluding hydrogens is 360 g/mol. The fraction of sp³-hybridized carbons (Fsp3) is 0.417. The molecule has 0 saturated heterocycles. The van der Waals surface area contributed by atoms with Crippen molar-refractivity contribution in [2.75, 3.05) is 13.1 Å². The highest BCUT2D eigenvalue weighted by atomic mass is 16.1. The van der Waals surface area contributed by atoms with Crippen LogP contribution in [-0.2, 0) is 32.5 Å². The second-order valence-electron chi connectivity index (χ2n) is 8.44. The summed E-state index contributed by atoms with van der Waals surface area (Å²) in [6.45, 7) is 4.48. The third kappa shape index (κ3) is 4.06. The molecule has 2 aromatic heterocycles. The van der Waals surface area contributed by atoms with Crippen LogP contribution in [0.5, 0.6) is 0 Å². The van der Waals surface area contributed by atoms with Gasteiger partial charge in [-0.05, 0) is 48.8 Å². The minimum Gasteiger partial charge on any atom is -0.297 e. The van der Waals surface area contributed by atoms with Gasteiger partial charge < -0.3 is 0 Å². The van der Waals surface area contributed by atoms with E-state index in [0.717, 1.165) is 43.0 Å². The molecule has 2 aliphatic rings. The minimum atomic E-state index is 0.200. The van der Waals surface area contributed by atoms with Crippen LogP contribution in [0.3, 0.4) is 0 Å². The van der Waals surface area contributed by atoms with Gasteiger partial charge in [0.15, 0.2) is 0 Å². The molecule has 1 saturated carbocycles. The Bertz CT molecular complexity index is 1020. The van der Waals surface area contributed by atoms with E-state index < -0.39 is 0 Å². The van der Waals surface area contributed by atoms with Gasteiger partial charge in [0.05, 0.1) is 12.2 Å². The Morgan fingerprint density at radius 2 is 1.83 bits per heavy atom. The first-order valence-electron chi connectivity index (χ1n) is 10.7. The molecule has 0 atom stereocenters. The Morgan fingerprint density at radius 1 is 1.00 bits per heavy atom. The highest BCUT2D eigenvalue weighted by molar-refractivity contribution is 5.24. The maximum absolute atomic E-state index is 13.3. The van der Waals surface area contributed by atoms with Crippen molar-refractivity contribution < 1.29 is 0 Å². The van der Waals surface area contributed by atoms with Crippen molar-refractivity contribution in [3.63, 3.8) is 0 Å². The molecule has 0 amide bonds. The van der Waals surface area contributed by atoms with E-state index in [0.29, 0.717) is 13.1 Å². The van der Waals surface area contributed by atoms with Crippen molar-refractivity contribution in [2.24, 2.45) is 5.92 Å². The first-order chi connectivity index (χ1) is 14.3. The summed E-state index contributed by atoms with van der Waals surface area (Å²) in [5.41, 5.74) is 4.83. The van der Waals surface area contributed by atoms with Gasteiger partial charge >= 0.3 is 0 Å². The number of nitrogens with zero attached hydrogens (tertiary/aromatic N) is 4. The summed E-state index contributed by atoms with van der Waals surface area (Å²) in [5.74, 6) is 0.871. The Morgan fingerprint density at radius 3 is 2.59 bits per heavy atom. The van der Waals surface area contributed by atoms with Crippen LogP contribution in [0.1, 0.15) is 35.2 Å². The van der Waals surface area contributed by atoms with Crippen molar-refractivity contribution in [1.29, 1.82) is 0 Å². The molecule has 150 valence electrons. The predicted octanol–water partition coefficient (Wildman–Crippen LogP) is 3.10. The van der Waals surface area contributed by atoms with E-state index in [1.165, 1.54) is 30.6 Å². The fourth-order valence-electron chi connectivity index (χ4n) is 4.45. The zero-order valence-electron chi connectivity index (χ0n) is 16.8. The topological polar surface area (TPSA) is 43.1 Å². The number of pyridine rings is 1. The van der Waals surface area contributed by atoms with E-state index >= 15 is 0 Å². The molecule has 5 heteroatoms. The number of hydrogen-bond acceptors (Lipinski definition) is 3. The molecule has 1 aliphatic heterocycles. The van der Waals surface area contributed by atoms with Gasteiger partial charge in [0.2, 0.25) is 0 Å². The second-order valence-corrected chi connectivity index (χ2v) is 8.44. The zero-order chi connectivity index (χ0) is 19.6. The molecular formula is C24H28N4O. The van der Waals surface area contributed by atoms with E-state index in [2.05, 4.69) is 44.9 Å². The van der Waals surface area contributed by atoms with Crippen LogP contribution in [0.4, 0.5) is 0 Å². The minimum absolute atomic E-state index is 0.200. The molecule has 0 spiro atoms. The average molecular weight is 389 g/mol. The van der Waals surface area contributed by atoms with E-state index in [1.807, 2.05) is 23.0 Å². The lowest BCUT2D eigenvalue weighted by Gasteiger charge is -2.27. The van der Waals surface area contributed by atoms with Crippen molar-refractivity contribution in [1.82, 2.24) is 19.2 Å². The van der Waals surface area contributed by atoms with Gasteiger partial charge in [-0.1, -0.05) is 36.4 Å². The molecule has 1 fully saturated rings. The maximum atomic E-state index is 13.3. The molecule has 0 unspecified atom stereocenters. The van der Waals surface area contributed by atoms with Gasteiger partial charge in [0, 0.05) is 44.1 Å². The summed E-state index contributed by atoms with van der Waals surface area (Å²) < 4.78 is 4.21. The average Bonchev–Trinajstić information content (AvgIpc) is 3.54. The van der Waals surface area contributed by atoms with Crippen LogP contribution in [-0.4, -0.2) is 32.3 Å². The SMILES string of the molecule is O=c1c2c(n(Cc3cccnc3)n1CCc1ccccc1)CN(CC1CC1)CC2. The number of benzene rings is 1. The maximum Gasteiger partial charge on any atom is 0.270 e. The lowest BCUT2D eigenvalue weighted by molar-refractivity contribution is 0.234. The summed E-state index contributed by atoms with van der Waals surface area (Å²) in [4.78, 5) is 20.1. The Kier molecular flexibility index (Phi) is 5.06. The van der Waals surface area contributed by atoms with E-state index in [-0.39, 0.29) is 5.56 Å². The summed E-state index contributed by atoms with van der Waals surface area (Å²) in [6, 6.07) is 14.5. The molecule has 0 N–H and O–H groups in total.